The Morgan fingerprint density at radius 3 is 2.48 bits per heavy atom. The minimum Gasteiger partial charge on any atom is -0.380 e. The van der Waals surface area contributed by atoms with Gasteiger partial charge in [-0.25, -0.2) is 0 Å². The molecule has 0 atom stereocenters. The van der Waals surface area contributed by atoms with Crippen molar-refractivity contribution in [1.82, 2.24) is 10.5 Å². The number of nitrogens with one attached hydrogen (secondary N) is 2. The van der Waals surface area contributed by atoms with Crippen molar-refractivity contribution in [3.63, 3.8) is 0 Å². The van der Waals surface area contributed by atoms with Crippen LogP contribution in [0.5, 0.6) is 5.75 Å². The lowest BCUT2D eigenvalue weighted by Crippen LogP contribution is -2.27. The molecule has 0 fully saturated rings. The van der Waals surface area contributed by atoms with E-state index in [1.165, 1.54) is 0 Å². The van der Waals surface area contributed by atoms with Crippen LogP contribution in [0.2, 0.25) is 0 Å². The lowest BCUT2D eigenvalue weighted by atomic mass is 10.1. The van der Waals surface area contributed by atoms with Crippen LogP contribution < -0.4 is 15.6 Å². The summed E-state index contributed by atoms with van der Waals surface area (Å²) >= 11 is 3.35. The monoisotopic (exact) mass is 397 g/mol. The first-order valence-corrected chi connectivity index (χ1v) is 8.46. The summed E-state index contributed by atoms with van der Waals surface area (Å²) in [6.45, 7) is 0.598. The van der Waals surface area contributed by atoms with E-state index in [0.29, 0.717) is 17.9 Å². The Bertz CT molecular complexity index is 839. The number of hydrogen-bond acceptors (Lipinski definition) is 4. The van der Waals surface area contributed by atoms with Crippen LogP contribution in [-0.4, -0.2) is 10.9 Å². The zero-order chi connectivity index (χ0) is 17.5. The second kappa shape index (κ2) is 8.30. The first kappa shape index (κ1) is 17.0. The Labute approximate surface area is 154 Å². The zero-order valence-corrected chi connectivity index (χ0v) is 14.9. The maximum atomic E-state index is 12.4. The second-order valence-corrected chi connectivity index (χ2v) is 6.16. The predicted molar refractivity (Wildman–Crippen MR) is 100 cm³/mol. The minimum atomic E-state index is -0.319. The highest BCUT2D eigenvalue weighted by molar-refractivity contribution is 9.10. The van der Waals surface area contributed by atoms with Crippen molar-refractivity contribution in [3.8, 4) is 5.75 Å². The maximum absolute atomic E-state index is 12.4. The van der Waals surface area contributed by atoms with E-state index in [4.69, 9.17) is 4.84 Å². The van der Waals surface area contributed by atoms with Gasteiger partial charge in [0.1, 0.15) is 0 Å². The highest BCUT2D eigenvalue weighted by Gasteiger charge is 2.11. The molecule has 2 aromatic carbocycles. The third-order valence-electron chi connectivity index (χ3n) is 3.48. The fourth-order valence-corrected chi connectivity index (χ4v) is 2.46. The molecule has 1 heterocycles. The van der Waals surface area contributed by atoms with E-state index in [2.05, 4.69) is 31.7 Å². The number of benzene rings is 2. The van der Waals surface area contributed by atoms with Crippen LogP contribution in [0.25, 0.3) is 0 Å². The van der Waals surface area contributed by atoms with E-state index in [0.717, 1.165) is 15.7 Å². The van der Waals surface area contributed by atoms with Crippen molar-refractivity contribution in [2.75, 3.05) is 5.32 Å². The van der Waals surface area contributed by atoms with Gasteiger partial charge in [-0.3, -0.25) is 9.78 Å². The number of halogens is 1. The molecular weight excluding hydrogens is 382 g/mol. The van der Waals surface area contributed by atoms with E-state index in [9.17, 15) is 4.79 Å². The summed E-state index contributed by atoms with van der Waals surface area (Å²) in [4.78, 5) is 21.8. The number of hydroxylamine groups is 1. The maximum Gasteiger partial charge on any atom is 0.285 e. The molecule has 126 valence electrons. The number of nitrogens with zero attached hydrogens (tertiary/aromatic N) is 1. The van der Waals surface area contributed by atoms with Crippen LogP contribution >= 0.6 is 15.9 Å². The molecule has 2 N–H and O–H groups in total. The molecular formula is C19H16BrN3O2. The van der Waals surface area contributed by atoms with Crippen molar-refractivity contribution in [3.05, 3.63) is 88.7 Å². The lowest BCUT2D eigenvalue weighted by molar-refractivity contribution is 0.0761. The molecule has 0 aliphatic carbocycles. The SMILES string of the molecule is O=C(NOc1ccc(Br)cc1)c1ccccc1NCc1ccncc1. The number of anilines is 1. The molecule has 5 nitrogen and oxygen atoms in total. The van der Waals surface area contributed by atoms with Gasteiger partial charge in [0.2, 0.25) is 0 Å². The summed E-state index contributed by atoms with van der Waals surface area (Å²) in [5.74, 6) is 0.236. The van der Waals surface area contributed by atoms with E-state index in [1.807, 2.05) is 42.5 Å². The fourth-order valence-electron chi connectivity index (χ4n) is 2.20. The number of para-hydroxylation sites is 1. The largest absolute Gasteiger partial charge is 0.380 e. The smallest absolute Gasteiger partial charge is 0.285 e. The van der Waals surface area contributed by atoms with Gasteiger partial charge in [0, 0.05) is 29.1 Å². The van der Waals surface area contributed by atoms with Gasteiger partial charge in [0.05, 0.1) is 5.56 Å². The number of amides is 1. The summed E-state index contributed by atoms with van der Waals surface area (Å²) < 4.78 is 0.942. The average Bonchev–Trinajstić information content (AvgIpc) is 2.67. The molecule has 1 amide bonds. The minimum absolute atomic E-state index is 0.319. The molecule has 0 aliphatic heterocycles. The Balaban J connectivity index is 1.64. The summed E-state index contributed by atoms with van der Waals surface area (Å²) in [6, 6.07) is 18.3. The first-order valence-electron chi connectivity index (χ1n) is 7.67. The molecule has 0 saturated heterocycles. The van der Waals surface area contributed by atoms with Gasteiger partial charge < -0.3 is 10.2 Å². The highest BCUT2D eigenvalue weighted by atomic mass is 79.9. The fraction of sp³-hybridized carbons (Fsp3) is 0.0526. The number of carbonyl (C=O) groups excluding carboxylic acids is 1. The Morgan fingerprint density at radius 1 is 1.00 bits per heavy atom. The van der Waals surface area contributed by atoms with E-state index < -0.39 is 0 Å². The molecule has 1 aromatic heterocycles. The normalized spacial score (nSPS) is 10.1. The molecule has 0 bridgehead atoms. The Kier molecular flexibility index (Phi) is 5.64. The van der Waals surface area contributed by atoms with Crippen molar-refractivity contribution >= 4 is 27.5 Å². The molecule has 0 radical (unpaired) electrons. The van der Waals surface area contributed by atoms with Crippen LogP contribution in [0.15, 0.2) is 77.5 Å². The molecule has 0 spiro atoms. The van der Waals surface area contributed by atoms with E-state index in [1.54, 1.807) is 30.6 Å². The van der Waals surface area contributed by atoms with E-state index in [-0.39, 0.29) is 5.91 Å². The van der Waals surface area contributed by atoms with Crippen LogP contribution in [0.3, 0.4) is 0 Å². The molecule has 0 aliphatic rings. The number of pyridine rings is 1. The first-order chi connectivity index (χ1) is 12.2. The Hall–Kier alpha value is -2.86. The summed E-state index contributed by atoms with van der Waals surface area (Å²) in [7, 11) is 0. The van der Waals surface area contributed by atoms with Crippen molar-refractivity contribution in [2.24, 2.45) is 0 Å². The van der Waals surface area contributed by atoms with Crippen LogP contribution in [0.1, 0.15) is 15.9 Å². The van der Waals surface area contributed by atoms with Gasteiger partial charge in [-0.2, -0.15) is 5.48 Å². The van der Waals surface area contributed by atoms with Crippen LogP contribution in [0.4, 0.5) is 5.69 Å². The number of carbonyl (C=O) groups is 1. The van der Waals surface area contributed by atoms with Crippen molar-refractivity contribution < 1.29 is 9.63 Å². The molecule has 25 heavy (non-hydrogen) atoms. The average molecular weight is 398 g/mol. The summed E-state index contributed by atoms with van der Waals surface area (Å²) in [5.41, 5.74) is 4.79. The van der Waals surface area contributed by atoms with Gasteiger partial charge in [0.25, 0.3) is 5.91 Å². The van der Waals surface area contributed by atoms with Crippen LogP contribution in [-0.2, 0) is 6.54 Å². The molecule has 0 saturated carbocycles. The van der Waals surface area contributed by atoms with E-state index >= 15 is 0 Å². The number of hydrogen-bond donors (Lipinski definition) is 2. The van der Waals surface area contributed by atoms with Gasteiger partial charge in [-0.1, -0.05) is 28.1 Å². The van der Waals surface area contributed by atoms with Gasteiger partial charge in [-0.05, 0) is 54.1 Å². The zero-order valence-electron chi connectivity index (χ0n) is 13.3. The summed E-state index contributed by atoms with van der Waals surface area (Å²) in [5, 5.41) is 3.27. The lowest BCUT2D eigenvalue weighted by Gasteiger charge is -2.12. The highest BCUT2D eigenvalue weighted by Crippen LogP contribution is 2.18. The predicted octanol–water partition coefficient (Wildman–Crippen LogP) is 4.18. The topological polar surface area (TPSA) is 63.2 Å². The molecule has 3 aromatic rings. The quantitative estimate of drug-likeness (QED) is 0.612. The van der Waals surface area contributed by atoms with Gasteiger partial charge >= 0.3 is 0 Å². The third kappa shape index (κ3) is 4.81. The Morgan fingerprint density at radius 2 is 1.72 bits per heavy atom. The number of aromatic nitrogens is 1. The molecule has 3 rings (SSSR count). The standard InChI is InChI=1S/C19H16BrN3O2/c20-15-5-7-16(8-6-15)25-23-19(24)17-3-1-2-4-18(17)22-13-14-9-11-21-12-10-14/h1-12,22H,13H2,(H,23,24). The van der Waals surface area contributed by atoms with Gasteiger partial charge in [-0.15, -0.1) is 0 Å². The number of rotatable bonds is 6. The van der Waals surface area contributed by atoms with Crippen LogP contribution in [0, 0.1) is 0 Å². The summed E-state index contributed by atoms with van der Waals surface area (Å²) in [6.07, 6.45) is 3.48. The van der Waals surface area contributed by atoms with Crippen molar-refractivity contribution in [1.29, 1.82) is 0 Å². The molecule has 6 heteroatoms. The second-order valence-electron chi connectivity index (χ2n) is 5.24. The third-order valence-corrected chi connectivity index (χ3v) is 4.01. The molecule has 0 unspecified atom stereocenters. The van der Waals surface area contributed by atoms with Crippen molar-refractivity contribution in [2.45, 2.75) is 6.54 Å². The van der Waals surface area contributed by atoms with Gasteiger partial charge in [0.15, 0.2) is 5.75 Å².